The van der Waals surface area contributed by atoms with Gasteiger partial charge in [0.05, 0.1) is 27.8 Å². The van der Waals surface area contributed by atoms with Crippen LogP contribution in [0.25, 0.3) is 5.69 Å². The number of hydrogen-bond acceptors (Lipinski definition) is 5. The lowest BCUT2D eigenvalue weighted by molar-refractivity contribution is -0.384. The molecule has 9 heteroatoms. The van der Waals surface area contributed by atoms with E-state index in [-0.39, 0.29) is 12.2 Å². The molecule has 1 aromatic carbocycles. The van der Waals surface area contributed by atoms with E-state index in [4.69, 9.17) is 0 Å². The minimum absolute atomic E-state index is 0.0321. The number of aliphatic carboxylic acids is 1. The Labute approximate surface area is 155 Å². The van der Waals surface area contributed by atoms with Gasteiger partial charge < -0.3 is 10.4 Å². The van der Waals surface area contributed by atoms with E-state index in [1.165, 1.54) is 41.3 Å². The molecule has 0 bridgehead atoms. The van der Waals surface area contributed by atoms with Crippen molar-refractivity contribution in [3.8, 4) is 5.69 Å². The number of carbonyl (C=O) groups excluding carboxylic acids is 1. The van der Waals surface area contributed by atoms with E-state index in [9.17, 15) is 24.8 Å². The first-order valence-electron chi connectivity index (χ1n) is 8.72. The molecule has 27 heavy (non-hydrogen) atoms. The van der Waals surface area contributed by atoms with Gasteiger partial charge in [0, 0.05) is 24.9 Å². The van der Waals surface area contributed by atoms with Crippen LogP contribution in [0.5, 0.6) is 0 Å². The van der Waals surface area contributed by atoms with Crippen molar-refractivity contribution in [2.75, 3.05) is 6.54 Å². The number of aromatic nitrogens is 2. The van der Waals surface area contributed by atoms with Crippen molar-refractivity contribution in [3.63, 3.8) is 0 Å². The van der Waals surface area contributed by atoms with Crippen LogP contribution in [0.1, 0.15) is 42.5 Å². The number of non-ortho nitro benzene ring substituents is 1. The lowest BCUT2D eigenvalue weighted by atomic mass is 9.74. The Morgan fingerprint density at radius 3 is 2.48 bits per heavy atom. The summed E-state index contributed by atoms with van der Waals surface area (Å²) in [7, 11) is 0. The number of amides is 1. The van der Waals surface area contributed by atoms with E-state index < -0.39 is 22.2 Å². The van der Waals surface area contributed by atoms with Crippen LogP contribution in [-0.4, -0.2) is 38.2 Å². The largest absolute Gasteiger partial charge is 0.481 e. The first kappa shape index (κ1) is 18.6. The predicted molar refractivity (Wildman–Crippen MR) is 95.7 cm³/mol. The summed E-state index contributed by atoms with van der Waals surface area (Å²) in [6, 6.07) is 5.79. The first-order chi connectivity index (χ1) is 12.9. The summed E-state index contributed by atoms with van der Waals surface area (Å²) in [4.78, 5) is 34.3. The average molecular weight is 372 g/mol. The molecule has 1 aliphatic rings. The second-order valence-electron chi connectivity index (χ2n) is 6.78. The molecule has 1 aliphatic carbocycles. The summed E-state index contributed by atoms with van der Waals surface area (Å²) in [5.41, 5.74) is -0.0589. The van der Waals surface area contributed by atoms with Gasteiger partial charge in [0.15, 0.2) is 0 Å². The third-order valence-corrected chi connectivity index (χ3v) is 5.02. The predicted octanol–water partition coefficient (Wildman–Crippen LogP) is 2.55. The number of carboxylic acid groups (broad SMARTS) is 1. The lowest BCUT2D eigenvalue weighted by Gasteiger charge is -2.33. The van der Waals surface area contributed by atoms with E-state index in [0.717, 1.165) is 19.3 Å². The van der Waals surface area contributed by atoms with Gasteiger partial charge in [0.2, 0.25) is 0 Å². The van der Waals surface area contributed by atoms with Gasteiger partial charge in [-0.05, 0) is 25.0 Å². The van der Waals surface area contributed by atoms with Gasteiger partial charge >= 0.3 is 5.97 Å². The smallest absolute Gasteiger partial charge is 0.311 e. The molecule has 2 N–H and O–H groups in total. The highest BCUT2D eigenvalue weighted by molar-refractivity contribution is 5.94. The number of hydrogen-bond donors (Lipinski definition) is 2. The van der Waals surface area contributed by atoms with Gasteiger partial charge in [0.25, 0.3) is 11.6 Å². The van der Waals surface area contributed by atoms with Gasteiger partial charge in [-0.3, -0.25) is 19.7 Å². The van der Waals surface area contributed by atoms with Crippen molar-refractivity contribution in [2.24, 2.45) is 5.41 Å². The SMILES string of the molecule is O=C(NCC1(C(=O)O)CCCCC1)c1cnn(-c2ccc([N+](=O)[O-])cc2)c1. The van der Waals surface area contributed by atoms with E-state index in [0.29, 0.717) is 24.1 Å². The molecular formula is C18H20N4O5. The lowest BCUT2D eigenvalue weighted by Crippen LogP contribution is -2.44. The molecule has 3 rings (SSSR count). The molecule has 1 saturated carbocycles. The third kappa shape index (κ3) is 3.97. The Morgan fingerprint density at radius 2 is 1.89 bits per heavy atom. The fourth-order valence-electron chi connectivity index (χ4n) is 3.35. The van der Waals surface area contributed by atoms with Crippen molar-refractivity contribution >= 4 is 17.6 Å². The standard InChI is InChI=1S/C18H20N4O5/c23-16(19-12-18(17(24)25)8-2-1-3-9-18)13-10-20-21(11-13)14-4-6-15(7-5-14)22(26)27/h4-7,10-11H,1-3,8-9,12H2,(H,19,23)(H,24,25). The Bertz CT molecular complexity index is 853. The Hall–Kier alpha value is -3.23. The Morgan fingerprint density at radius 1 is 1.22 bits per heavy atom. The highest BCUT2D eigenvalue weighted by Crippen LogP contribution is 2.36. The van der Waals surface area contributed by atoms with E-state index >= 15 is 0 Å². The summed E-state index contributed by atoms with van der Waals surface area (Å²) in [5.74, 6) is -1.27. The first-order valence-corrected chi connectivity index (χ1v) is 8.72. The molecule has 0 unspecified atom stereocenters. The minimum atomic E-state index is -0.901. The molecule has 0 saturated heterocycles. The highest BCUT2D eigenvalue weighted by Gasteiger charge is 2.39. The molecule has 0 spiro atoms. The van der Waals surface area contributed by atoms with Crippen LogP contribution < -0.4 is 5.32 Å². The van der Waals surface area contributed by atoms with Gasteiger partial charge in [-0.15, -0.1) is 0 Å². The maximum atomic E-state index is 12.4. The Balaban J connectivity index is 1.67. The van der Waals surface area contributed by atoms with Crippen molar-refractivity contribution in [1.29, 1.82) is 0 Å². The number of carboxylic acids is 1. The van der Waals surface area contributed by atoms with Crippen molar-refractivity contribution in [2.45, 2.75) is 32.1 Å². The molecule has 1 heterocycles. The quantitative estimate of drug-likeness (QED) is 0.592. The van der Waals surface area contributed by atoms with Gasteiger partial charge in [-0.25, -0.2) is 4.68 Å². The summed E-state index contributed by atoms with van der Waals surface area (Å²) >= 11 is 0. The van der Waals surface area contributed by atoms with E-state index in [2.05, 4.69) is 10.4 Å². The summed E-state index contributed by atoms with van der Waals surface area (Å²) in [6.07, 6.45) is 6.72. The molecule has 9 nitrogen and oxygen atoms in total. The van der Waals surface area contributed by atoms with Gasteiger partial charge in [0.1, 0.15) is 0 Å². The molecule has 0 atom stereocenters. The fraction of sp³-hybridized carbons (Fsp3) is 0.389. The van der Waals surface area contributed by atoms with Crippen LogP contribution in [0, 0.1) is 15.5 Å². The second kappa shape index (κ2) is 7.56. The monoisotopic (exact) mass is 372 g/mol. The van der Waals surface area contributed by atoms with Crippen molar-refractivity contribution in [1.82, 2.24) is 15.1 Å². The molecule has 142 valence electrons. The molecular weight excluding hydrogens is 352 g/mol. The zero-order valence-corrected chi connectivity index (χ0v) is 14.6. The number of carbonyl (C=O) groups is 2. The van der Waals surface area contributed by atoms with Crippen LogP contribution in [0.3, 0.4) is 0 Å². The number of nitro groups is 1. The van der Waals surface area contributed by atoms with Crippen LogP contribution in [-0.2, 0) is 4.79 Å². The molecule has 2 aromatic rings. The van der Waals surface area contributed by atoms with Crippen LogP contribution in [0.4, 0.5) is 5.69 Å². The van der Waals surface area contributed by atoms with Crippen LogP contribution in [0.15, 0.2) is 36.7 Å². The number of nitro benzene ring substituents is 1. The van der Waals surface area contributed by atoms with Crippen LogP contribution in [0.2, 0.25) is 0 Å². The van der Waals surface area contributed by atoms with Gasteiger partial charge in [-0.2, -0.15) is 5.10 Å². The molecule has 1 fully saturated rings. The van der Waals surface area contributed by atoms with E-state index in [1.807, 2.05) is 0 Å². The summed E-state index contributed by atoms with van der Waals surface area (Å²) < 4.78 is 1.44. The zero-order valence-electron chi connectivity index (χ0n) is 14.6. The molecule has 0 radical (unpaired) electrons. The normalized spacial score (nSPS) is 15.9. The molecule has 1 aromatic heterocycles. The molecule has 1 amide bonds. The summed E-state index contributed by atoms with van der Waals surface area (Å²) in [5, 5.41) is 27.1. The maximum absolute atomic E-state index is 12.4. The fourth-order valence-corrected chi connectivity index (χ4v) is 3.35. The maximum Gasteiger partial charge on any atom is 0.311 e. The topological polar surface area (TPSA) is 127 Å². The zero-order chi connectivity index (χ0) is 19.4. The highest BCUT2D eigenvalue weighted by atomic mass is 16.6. The summed E-state index contributed by atoms with van der Waals surface area (Å²) in [6.45, 7) is 0.0872. The molecule has 0 aliphatic heterocycles. The van der Waals surface area contributed by atoms with Crippen molar-refractivity contribution < 1.29 is 19.6 Å². The average Bonchev–Trinajstić information content (AvgIpc) is 3.17. The van der Waals surface area contributed by atoms with Crippen molar-refractivity contribution in [3.05, 3.63) is 52.3 Å². The van der Waals surface area contributed by atoms with Crippen LogP contribution >= 0.6 is 0 Å². The number of benzene rings is 1. The minimum Gasteiger partial charge on any atom is -0.481 e. The second-order valence-corrected chi connectivity index (χ2v) is 6.78. The number of nitrogens with one attached hydrogen (secondary N) is 1. The van der Waals surface area contributed by atoms with E-state index in [1.54, 1.807) is 0 Å². The Kier molecular flexibility index (Phi) is 5.20. The number of nitrogens with zero attached hydrogens (tertiary/aromatic N) is 3. The third-order valence-electron chi connectivity index (χ3n) is 5.02. The number of rotatable bonds is 6. The van der Waals surface area contributed by atoms with Gasteiger partial charge in [-0.1, -0.05) is 19.3 Å².